The molecule has 148 valence electrons. The molecule has 0 aliphatic rings. The van der Waals surface area contributed by atoms with Gasteiger partial charge < -0.3 is 4.48 Å². The van der Waals surface area contributed by atoms with Gasteiger partial charge in [0, 0.05) is 11.1 Å². The van der Waals surface area contributed by atoms with Crippen LogP contribution in [0, 0.1) is 0 Å². The van der Waals surface area contributed by atoms with E-state index in [-0.39, 0.29) is 0 Å². The topological polar surface area (TPSA) is 0 Å². The van der Waals surface area contributed by atoms with Crippen LogP contribution in [-0.2, 0) is 13.1 Å². The average molecular weight is 367 g/mol. The van der Waals surface area contributed by atoms with Gasteiger partial charge in [-0.15, -0.1) is 0 Å². The summed E-state index contributed by atoms with van der Waals surface area (Å²) in [6.45, 7) is 9.54. The van der Waals surface area contributed by atoms with Crippen molar-refractivity contribution in [2.75, 3.05) is 13.1 Å². The molecule has 0 heterocycles. The van der Waals surface area contributed by atoms with Crippen LogP contribution in [0.5, 0.6) is 0 Å². The lowest BCUT2D eigenvalue weighted by Gasteiger charge is -2.39. The second-order valence-electron chi connectivity index (χ2n) is 8.20. The number of rotatable bonds is 14. The van der Waals surface area contributed by atoms with Gasteiger partial charge in [0.25, 0.3) is 0 Å². The van der Waals surface area contributed by atoms with E-state index >= 15 is 0 Å². The molecule has 0 saturated carbocycles. The maximum absolute atomic E-state index is 2.32. The van der Waals surface area contributed by atoms with Crippen LogP contribution in [0.4, 0.5) is 0 Å². The van der Waals surface area contributed by atoms with Gasteiger partial charge in [0.05, 0.1) is 13.1 Å². The van der Waals surface area contributed by atoms with Gasteiger partial charge >= 0.3 is 0 Å². The van der Waals surface area contributed by atoms with E-state index in [9.17, 15) is 0 Å². The first kappa shape index (κ1) is 21.7. The molecule has 2 rings (SSSR count). The van der Waals surface area contributed by atoms with Crippen molar-refractivity contribution in [3.8, 4) is 0 Å². The summed E-state index contributed by atoms with van der Waals surface area (Å²) in [5.41, 5.74) is 2.97. The highest BCUT2D eigenvalue weighted by Gasteiger charge is 2.27. The summed E-state index contributed by atoms with van der Waals surface area (Å²) in [7, 11) is 0. The summed E-state index contributed by atoms with van der Waals surface area (Å²) in [5.74, 6) is 0. The van der Waals surface area contributed by atoms with Crippen molar-refractivity contribution >= 4 is 0 Å². The Labute approximate surface area is 168 Å². The van der Waals surface area contributed by atoms with Crippen LogP contribution in [0.15, 0.2) is 60.7 Å². The van der Waals surface area contributed by atoms with Crippen molar-refractivity contribution in [2.24, 2.45) is 0 Å². The van der Waals surface area contributed by atoms with Gasteiger partial charge in [0.1, 0.15) is 13.1 Å². The van der Waals surface area contributed by atoms with Crippen LogP contribution >= 0.6 is 0 Å². The van der Waals surface area contributed by atoms with Crippen LogP contribution < -0.4 is 0 Å². The quantitative estimate of drug-likeness (QED) is 0.242. The lowest BCUT2D eigenvalue weighted by atomic mass is 10.1. The second-order valence-corrected chi connectivity index (χ2v) is 8.20. The van der Waals surface area contributed by atoms with E-state index in [1.165, 1.54) is 80.1 Å². The SMILES string of the molecule is CCCCCC[N+](CCCCCC)(Cc1ccccc1)Cc1ccccc1. The first-order valence-corrected chi connectivity index (χ1v) is 11.2. The highest BCUT2D eigenvalue weighted by molar-refractivity contribution is 5.15. The molecule has 0 spiro atoms. The third kappa shape index (κ3) is 8.30. The van der Waals surface area contributed by atoms with Crippen LogP contribution in [0.1, 0.15) is 76.3 Å². The molecular formula is C26H40N+. The zero-order chi connectivity index (χ0) is 19.2. The van der Waals surface area contributed by atoms with E-state index in [0.717, 1.165) is 13.1 Å². The fourth-order valence-electron chi connectivity index (χ4n) is 4.17. The van der Waals surface area contributed by atoms with Crippen molar-refractivity contribution in [1.82, 2.24) is 0 Å². The van der Waals surface area contributed by atoms with E-state index < -0.39 is 0 Å². The summed E-state index contributed by atoms with van der Waals surface area (Å²) in [6, 6.07) is 22.3. The summed E-state index contributed by atoms with van der Waals surface area (Å²) in [6.07, 6.45) is 10.8. The molecule has 0 aliphatic heterocycles. The molecule has 0 aromatic heterocycles. The maximum atomic E-state index is 2.32. The van der Waals surface area contributed by atoms with E-state index in [1.807, 2.05) is 0 Å². The largest absolute Gasteiger partial charge is 0.316 e. The molecule has 0 atom stereocenters. The fourth-order valence-corrected chi connectivity index (χ4v) is 4.17. The van der Waals surface area contributed by atoms with Gasteiger partial charge in [0.15, 0.2) is 0 Å². The molecule has 0 unspecified atom stereocenters. The van der Waals surface area contributed by atoms with E-state index in [2.05, 4.69) is 74.5 Å². The van der Waals surface area contributed by atoms with E-state index in [1.54, 1.807) is 0 Å². The summed E-state index contributed by atoms with van der Waals surface area (Å²) < 4.78 is 1.21. The molecule has 0 aliphatic carbocycles. The van der Waals surface area contributed by atoms with Crippen LogP contribution in [0.3, 0.4) is 0 Å². The fraction of sp³-hybridized carbons (Fsp3) is 0.538. The molecule has 2 aromatic carbocycles. The minimum Gasteiger partial charge on any atom is -0.316 e. The van der Waals surface area contributed by atoms with E-state index in [0.29, 0.717) is 0 Å². The highest BCUT2D eigenvalue weighted by Crippen LogP contribution is 2.23. The van der Waals surface area contributed by atoms with E-state index in [4.69, 9.17) is 0 Å². The number of unbranched alkanes of at least 4 members (excludes halogenated alkanes) is 6. The number of benzene rings is 2. The molecule has 2 aromatic rings. The molecular weight excluding hydrogens is 326 g/mol. The molecule has 0 N–H and O–H groups in total. The van der Waals surface area contributed by atoms with Gasteiger partial charge in [-0.1, -0.05) is 100 Å². The second kappa shape index (κ2) is 12.7. The third-order valence-corrected chi connectivity index (χ3v) is 5.69. The van der Waals surface area contributed by atoms with Crippen molar-refractivity contribution < 1.29 is 4.48 Å². The highest BCUT2D eigenvalue weighted by atomic mass is 15.3. The summed E-state index contributed by atoms with van der Waals surface area (Å²) >= 11 is 0. The van der Waals surface area contributed by atoms with Gasteiger partial charge in [-0.2, -0.15) is 0 Å². The van der Waals surface area contributed by atoms with Gasteiger partial charge in [0.2, 0.25) is 0 Å². The Kier molecular flexibility index (Phi) is 10.2. The van der Waals surface area contributed by atoms with Crippen LogP contribution in [0.2, 0.25) is 0 Å². The van der Waals surface area contributed by atoms with Gasteiger partial charge in [-0.05, 0) is 25.7 Å². The molecule has 0 radical (unpaired) electrons. The zero-order valence-corrected chi connectivity index (χ0v) is 17.7. The van der Waals surface area contributed by atoms with Crippen LogP contribution in [0.25, 0.3) is 0 Å². The molecule has 0 bridgehead atoms. The molecule has 1 nitrogen and oxygen atoms in total. The Hall–Kier alpha value is -1.60. The zero-order valence-electron chi connectivity index (χ0n) is 17.7. The number of hydrogen-bond acceptors (Lipinski definition) is 0. The normalized spacial score (nSPS) is 11.6. The van der Waals surface area contributed by atoms with Crippen LogP contribution in [-0.4, -0.2) is 17.6 Å². The first-order valence-electron chi connectivity index (χ1n) is 11.2. The monoisotopic (exact) mass is 366 g/mol. The lowest BCUT2D eigenvalue weighted by Crippen LogP contribution is -2.48. The molecule has 0 amide bonds. The molecule has 0 saturated heterocycles. The predicted molar refractivity (Wildman–Crippen MR) is 119 cm³/mol. The Morgan fingerprint density at radius 1 is 0.519 bits per heavy atom. The minimum atomic E-state index is 1.16. The van der Waals surface area contributed by atoms with Crippen molar-refractivity contribution in [3.63, 3.8) is 0 Å². The minimum absolute atomic E-state index is 1.16. The Bertz CT molecular complexity index is 535. The average Bonchev–Trinajstić information content (AvgIpc) is 2.70. The summed E-state index contributed by atoms with van der Waals surface area (Å²) in [4.78, 5) is 0. The number of hydrogen-bond donors (Lipinski definition) is 0. The molecule has 27 heavy (non-hydrogen) atoms. The number of quaternary nitrogens is 1. The van der Waals surface area contributed by atoms with Gasteiger partial charge in [-0.25, -0.2) is 0 Å². The Morgan fingerprint density at radius 2 is 0.926 bits per heavy atom. The Balaban J connectivity index is 2.17. The van der Waals surface area contributed by atoms with Gasteiger partial charge in [-0.3, -0.25) is 0 Å². The smallest absolute Gasteiger partial charge is 0.105 e. The molecule has 0 fully saturated rings. The predicted octanol–water partition coefficient (Wildman–Crippen LogP) is 7.36. The first-order chi connectivity index (χ1) is 13.3. The molecule has 1 heteroatoms. The van der Waals surface area contributed by atoms with Crippen molar-refractivity contribution in [1.29, 1.82) is 0 Å². The summed E-state index contributed by atoms with van der Waals surface area (Å²) in [5, 5.41) is 0. The lowest BCUT2D eigenvalue weighted by molar-refractivity contribution is -0.954. The van der Waals surface area contributed by atoms with Crippen molar-refractivity contribution in [2.45, 2.75) is 78.3 Å². The third-order valence-electron chi connectivity index (χ3n) is 5.69. The Morgan fingerprint density at radius 3 is 1.30 bits per heavy atom. The maximum Gasteiger partial charge on any atom is 0.105 e. The standard InChI is InChI=1S/C26H40N/c1-3-5-7-15-21-27(22-16-8-6-4-2,23-25-17-11-9-12-18-25)24-26-19-13-10-14-20-26/h9-14,17-20H,3-8,15-16,21-24H2,1-2H3/q+1. The van der Waals surface area contributed by atoms with Crippen molar-refractivity contribution in [3.05, 3.63) is 71.8 Å². The number of nitrogens with zero attached hydrogens (tertiary/aromatic N) is 1.